The smallest absolute Gasteiger partial charge is 0.262 e. The Labute approximate surface area is 151 Å². The monoisotopic (exact) mass is 400 g/mol. The van der Waals surface area contributed by atoms with Gasteiger partial charge in [0, 0.05) is 12.6 Å². The minimum Gasteiger partial charge on any atom is -0.494 e. The van der Waals surface area contributed by atoms with Crippen molar-refractivity contribution in [2.24, 2.45) is 0 Å². The van der Waals surface area contributed by atoms with Gasteiger partial charge in [0.05, 0.1) is 29.1 Å². The van der Waals surface area contributed by atoms with Gasteiger partial charge in [0.25, 0.3) is 10.0 Å². The first-order valence-electron chi connectivity index (χ1n) is 7.70. The Morgan fingerprint density at radius 3 is 2.42 bits per heavy atom. The maximum Gasteiger partial charge on any atom is 0.262 e. The maximum atomic E-state index is 13.0. The number of hydrogen-bond acceptors (Lipinski definition) is 5. The van der Waals surface area contributed by atoms with Gasteiger partial charge in [-0.3, -0.25) is 9.03 Å². The predicted molar refractivity (Wildman–Crippen MR) is 96.0 cm³/mol. The van der Waals surface area contributed by atoms with Crippen molar-refractivity contribution in [2.45, 2.75) is 11.3 Å². The molecule has 0 radical (unpaired) electrons. The Morgan fingerprint density at radius 2 is 1.85 bits per heavy atom. The highest BCUT2D eigenvalue weighted by Crippen LogP contribution is 2.34. The molecule has 2 aromatic carbocycles. The van der Waals surface area contributed by atoms with Crippen LogP contribution in [0.4, 0.5) is 15.8 Å². The number of nitrogens with one attached hydrogen (secondary N) is 1. The van der Waals surface area contributed by atoms with Crippen molar-refractivity contribution < 1.29 is 26.0 Å². The van der Waals surface area contributed by atoms with Gasteiger partial charge in [-0.05, 0) is 42.8 Å². The van der Waals surface area contributed by atoms with Crippen LogP contribution >= 0.6 is 0 Å². The van der Waals surface area contributed by atoms with Gasteiger partial charge in [-0.2, -0.15) is 0 Å². The molecule has 2 aromatic rings. The summed E-state index contributed by atoms with van der Waals surface area (Å²) < 4.78 is 70.8. The third-order valence-corrected chi connectivity index (χ3v) is 7.19. The molecule has 1 saturated heterocycles. The van der Waals surface area contributed by atoms with Crippen LogP contribution < -0.4 is 13.8 Å². The first-order valence-corrected chi connectivity index (χ1v) is 10.8. The molecule has 10 heteroatoms. The number of benzene rings is 2. The van der Waals surface area contributed by atoms with E-state index in [1.165, 1.54) is 29.6 Å². The third kappa shape index (κ3) is 3.61. The summed E-state index contributed by atoms with van der Waals surface area (Å²) in [5, 5.41) is 0. The number of nitrogens with zero attached hydrogens (tertiary/aromatic N) is 1. The van der Waals surface area contributed by atoms with Gasteiger partial charge in [0.2, 0.25) is 10.0 Å². The van der Waals surface area contributed by atoms with Crippen LogP contribution in [0.3, 0.4) is 0 Å². The van der Waals surface area contributed by atoms with Crippen molar-refractivity contribution >= 4 is 31.4 Å². The number of hydrogen-bond donors (Lipinski definition) is 1. The Balaban J connectivity index is 1.92. The second-order valence-electron chi connectivity index (χ2n) is 5.69. The molecular formula is C16H17FN2O5S2. The molecule has 0 spiro atoms. The van der Waals surface area contributed by atoms with Gasteiger partial charge in [0.1, 0.15) is 11.6 Å². The van der Waals surface area contributed by atoms with Crippen LogP contribution in [0, 0.1) is 5.82 Å². The number of ether oxygens (including phenoxy) is 1. The highest BCUT2D eigenvalue weighted by atomic mass is 32.2. The van der Waals surface area contributed by atoms with Gasteiger partial charge in [-0.15, -0.1) is 0 Å². The Morgan fingerprint density at radius 1 is 1.15 bits per heavy atom. The summed E-state index contributed by atoms with van der Waals surface area (Å²) in [7, 11) is -5.95. The predicted octanol–water partition coefficient (Wildman–Crippen LogP) is 2.17. The lowest BCUT2D eigenvalue weighted by molar-refractivity contribution is 0.417. The topological polar surface area (TPSA) is 92.8 Å². The summed E-state index contributed by atoms with van der Waals surface area (Å²) in [5.41, 5.74) is 0.557. The fourth-order valence-electron chi connectivity index (χ4n) is 2.67. The molecule has 1 N–H and O–H groups in total. The molecule has 1 aliphatic rings. The molecule has 0 aliphatic carbocycles. The van der Waals surface area contributed by atoms with Crippen LogP contribution in [0.5, 0.6) is 5.75 Å². The molecule has 7 nitrogen and oxygen atoms in total. The van der Waals surface area contributed by atoms with Crippen molar-refractivity contribution in [1.82, 2.24) is 0 Å². The van der Waals surface area contributed by atoms with E-state index in [4.69, 9.17) is 4.74 Å². The van der Waals surface area contributed by atoms with E-state index in [-0.39, 0.29) is 22.1 Å². The van der Waals surface area contributed by atoms with Gasteiger partial charge in [-0.1, -0.05) is 0 Å². The lowest BCUT2D eigenvalue weighted by atomic mass is 10.2. The van der Waals surface area contributed by atoms with Crippen LogP contribution in [-0.4, -0.2) is 36.2 Å². The van der Waals surface area contributed by atoms with Gasteiger partial charge in [-0.25, -0.2) is 21.2 Å². The molecule has 0 saturated carbocycles. The van der Waals surface area contributed by atoms with E-state index in [0.717, 1.165) is 24.3 Å². The van der Waals surface area contributed by atoms with Crippen molar-refractivity contribution in [2.75, 3.05) is 28.4 Å². The Kier molecular flexibility index (Phi) is 4.80. The number of anilines is 2. The zero-order valence-electron chi connectivity index (χ0n) is 13.8. The average molecular weight is 400 g/mol. The summed E-state index contributed by atoms with van der Waals surface area (Å²) >= 11 is 0. The molecule has 3 rings (SSSR count). The summed E-state index contributed by atoms with van der Waals surface area (Å²) in [6.45, 7) is 0.367. The number of sulfonamides is 2. The molecule has 1 fully saturated rings. The molecular weight excluding hydrogens is 383 g/mol. The standard InChI is InChI=1S/C16H17FN2O5S2/c1-24-16-11-13(19-9-2-10-25(19,20)21)5-8-15(16)18-26(22,23)14-6-3-12(17)4-7-14/h3-8,11,18H,2,9-10H2,1H3. The number of methoxy groups -OCH3 is 1. The van der Waals surface area contributed by atoms with E-state index in [1.807, 2.05) is 0 Å². The van der Waals surface area contributed by atoms with E-state index in [1.54, 1.807) is 0 Å². The van der Waals surface area contributed by atoms with E-state index in [9.17, 15) is 21.2 Å². The van der Waals surface area contributed by atoms with E-state index < -0.39 is 25.9 Å². The normalized spacial score (nSPS) is 16.5. The van der Waals surface area contributed by atoms with Gasteiger partial charge in [0.15, 0.2) is 0 Å². The Bertz CT molecular complexity index is 1020. The van der Waals surface area contributed by atoms with Crippen LogP contribution in [0.1, 0.15) is 6.42 Å². The zero-order chi connectivity index (χ0) is 18.9. The summed E-state index contributed by atoms with van der Waals surface area (Å²) in [6.07, 6.45) is 0.531. The number of halogens is 1. The fourth-order valence-corrected chi connectivity index (χ4v) is 5.29. The molecule has 1 heterocycles. The third-order valence-electron chi connectivity index (χ3n) is 3.94. The quantitative estimate of drug-likeness (QED) is 0.830. The molecule has 0 atom stereocenters. The van der Waals surface area contributed by atoms with Crippen LogP contribution in [0.2, 0.25) is 0 Å². The summed E-state index contributed by atoms with van der Waals surface area (Å²) in [6, 6.07) is 8.80. The molecule has 140 valence electrons. The first-order chi connectivity index (χ1) is 12.2. The van der Waals surface area contributed by atoms with E-state index in [0.29, 0.717) is 18.7 Å². The molecule has 0 bridgehead atoms. The summed E-state index contributed by atoms with van der Waals surface area (Å²) in [5.74, 6) is -0.290. The van der Waals surface area contributed by atoms with E-state index >= 15 is 0 Å². The SMILES string of the molecule is COc1cc(N2CCCS2(=O)=O)ccc1NS(=O)(=O)c1ccc(F)cc1. The minimum atomic E-state index is -3.95. The second kappa shape index (κ2) is 6.76. The second-order valence-corrected chi connectivity index (χ2v) is 9.38. The van der Waals surface area contributed by atoms with Crippen molar-refractivity contribution in [3.8, 4) is 5.75 Å². The molecule has 0 unspecified atom stereocenters. The molecule has 0 aromatic heterocycles. The number of rotatable bonds is 5. The summed E-state index contributed by atoms with van der Waals surface area (Å²) in [4.78, 5) is -0.104. The highest BCUT2D eigenvalue weighted by molar-refractivity contribution is 7.93. The fraction of sp³-hybridized carbons (Fsp3) is 0.250. The Hall–Kier alpha value is -2.33. The highest BCUT2D eigenvalue weighted by Gasteiger charge is 2.29. The van der Waals surface area contributed by atoms with Crippen LogP contribution in [-0.2, 0) is 20.0 Å². The van der Waals surface area contributed by atoms with Crippen LogP contribution in [0.25, 0.3) is 0 Å². The first kappa shape index (κ1) is 18.5. The van der Waals surface area contributed by atoms with Gasteiger partial charge < -0.3 is 4.74 Å². The van der Waals surface area contributed by atoms with Crippen molar-refractivity contribution in [1.29, 1.82) is 0 Å². The van der Waals surface area contributed by atoms with Crippen molar-refractivity contribution in [3.63, 3.8) is 0 Å². The van der Waals surface area contributed by atoms with E-state index in [2.05, 4.69) is 4.72 Å². The maximum absolute atomic E-state index is 13.0. The average Bonchev–Trinajstić information content (AvgIpc) is 2.94. The lowest BCUT2D eigenvalue weighted by Crippen LogP contribution is -2.25. The molecule has 0 amide bonds. The van der Waals surface area contributed by atoms with Gasteiger partial charge >= 0.3 is 0 Å². The zero-order valence-corrected chi connectivity index (χ0v) is 15.5. The molecule has 26 heavy (non-hydrogen) atoms. The van der Waals surface area contributed by atoms with Crippen molar-refractivity contribution in [3.05, 3.63) is 48.3 Å². The minimum absolute atomic E-state index is 0.0776. The van der Waals surface area contributed by atoms with Crippen LogP contribution in [0.15, 0.2) is 47.4 Å². The molecule has 1 aliphatic heterocycles. The lowest BCUT2D eigenvalue weighted by Gasteiger charge is -2.19. The largest absolute Gasteiger partial charge is 0.494 e.